The number of carbonyl (C=O) groups excluding carboxylic acids is 2. The highest BCUT2D eigenvalue weighted by molar-refractivity contribution is 7.93. The zero-order chi connectivity index (χ0) is 16.5. The van der Waals surface area contributed by atoms with Crippen LogP contribution >= 0.6 is 23.2 Å². The van der Waals surface area contributed by atoms with Crippen LogP contribution in [0.15, 0.2) is 23.1 Å². The smallest absolute Gasteiger partial charge is 0.257 e. The van der Waals surface area contributed by atoms with Crippen LogP contribution in [0.5, 0.6) is 0 Å². The lowest BCUT2D eigenvalue weighted by Gasteiger charge is -2.35. The summed E-state index contributed by atoms with van der Waals surface area (Å²) >= 11 is 11.6. The predicted octanol–water partition coefficient (Wildman–Crippen LogP) is 0.0582. The van der Waals surface area contributed by atoms with Gasteiger partial charge >= 0.3 is 0 Å². The van der Waals surface area contributed by atoms with Gasteiger partial charge in [0.2, 0.25) is 20.6 Å². The molecule has 0 saturated carbocycles. The summed E-state index contributed by atoms with van der Waals surface area (Å²) in [6, 6.07) is 3.65. The first-order valence-corrected chi connectivity index (χ1v) is 8.46. The largest absolute Gasteiger partial charge is 0.370 e. The Morgan fingerprint density at radius 3 is 2.50 bits per heavy atom. The van der Waals surface area contributed by atoms with Crippen molar-refractivity contribution in [1.29, 1.82) is 0 Å². The lowest BCUT2D eigenvalue weighted by atomic mass is 10.1. The third-order valence-corrected chi connectivity index (χ3v) is 6.28. The molecule has 1 heterocycles. The maximum atomic E-state index is 12.9. The van der Waals surface area contributed by atoms with Gasteiger partial charge in [0.15, 0.2) is 0 Å². The molecule has 0 radical (unpaired) electrons. The summed E-state index contributed by atoms with van der Waals surface area (Å²) in [4.78, 5) is 21.1. The van der Waals surface area contributed by atoms with Crippen LogP contribution in [0.4, 0.5) is 0 Å². The Labute approximate surface area is 137 Å². The molecule has 0 spiro atoms. The Morgan fingerprint density at radius 1 is 1.27 bits per heavy atom. The highest BCUT2D eigenvalue weighted by Crippen LogP contribution is 2.32. The fourth-order valence-electron chi connectivity index (χ4n) is 2.21. The second-order valence-electron chi connectivity index (χ2n) is 4.73. The lowest BCUT2D eigenvalue weighted by Crippen LogP contribution is -2.68. The highest BCUT2D eigenvalue weighted by Gasteiger charge is 2.53. The summed E-state index contributed by atoms with van der Waals surface area (Å²) < 4.78 is 25.8. The summed E-state index contributed by atoms with van der Waals surface area (Å²) in [5.74, 6) is -1.75. The Kier molecular flexibility index (Phi) is 4.67. The molecule has 10 heteroatoms. The Bertz CT molecular complexity index is 738. The normalized spacial score (nSPS) is 22.2. The van der Waals surface area contributed by atoms with Crippen LogP contribution in [0.1, 0.15) is 6.42 Å². The number of nitrogens with one attached hydrogen (secondary N) is 2. The molecular weight excluding hydrogens is 353 g/mol. The monoisotopic (exact) mass is 365 g/mol. The third kappa shape index (κ3) is 2.79. The lowest BCUT2D eigenvalue weighted by molar-refractivity contribution is -0.129. The van der Waals surface area contributed by atoms with Crippen molar-refractivity contribution in [3.8, 4) is 0 Å². The maximum absolute atomic E-state index is 12.9. The van der Waals surface area contributed by atoms with Gasteiger partial charge in [-0.3, -0.25) is 14.9 Å². The number of nitrogens with two attached hydrogens (primary N) is 1. The number of hydrogen-bond acceptors (Lipinski definition) is 5. The van der Waals surface area contributed by atoms with Gasteiger partial charge in [0.1, 0.15) is 0 Å². The maximum Gasteiger partial charge on any atom is 0.257 e. The number of halogens is 2. The van der Waals surface area contributed by atoms with Gasteiger partial charge in [-0.1, -0.05) is 23.2 Å². The minimum Gasteiger partial charge on any atom is -0.370 e. The summed E-state index contributed by atoms with van der Waals surface area (Å²) in [6.07, 6.45) is -0.693. The molecule has 1 aromatic carbocycles. The SMILES string of the molecule is NC(=O)C[C@@]1(S(=O)(=O)c2ccc(Cl)c(Cl)c2)NCCNC1=O. The van der Waals surface area contributed by atoms with E-state index in [-0.39, 0.29) is 28.0 Å². The molecule has 0 aromatic heterocycles. The fraction of sp³-hybridized carbons (Fsp3) is 0.333. The zero-order valence-corrected chi connectivity index (χ0v) is 13.6. The van der Waals surface area contributed by atoms with Crippen LogP contribution in [0.3, 0.4) is 0 Å². The van der Waals surface area contributed by atoms with Gasteiger partial charge in [-0.2, -0.15) is 0 Å². The molecule has 22 heavy (non-hydrogen) atoms. The number of hydrogen-bond donors (Lipinski definition) is 3. The minimum absolute atomic E-state index is 0.0215. The first-order valence-electron chi connectivity index (χ1n) is 6.22. The highest BCUT2D eigenvalue weighted by atomic mass is 35.5. The number of benzene rings is 1. The number of piperazine rings is 1. The van der Waals surface area contributed by atoms with Crippen molar-refractivity contribution in [3.05, 3.63) is 28.2 Å². The molecule has 2 amide bonds. The van der Waals surface area contributed by atoms with E-state index in [1.54, 1.807) is 0 Å². The summed E-state index contributed by atoms with van der Waals surface area (Å²) in [6.45, 7) is 0.426. The second-order valence-corrected chi connectivity index (χ2v) is 7.72. The standard InChI is InChI=1S/C12H13Cl2N3O4S/c13-8-2-1-7(5-9(8)14)22(20,21)12(6-10(15)18)11(19)16-3-4-17-12/h1-2,5,17H,3-4,6H2,(H2,15,18)(H,16,19)/t12-/m0/s1. The van der Waals surface area contributed by atoms with E-state index in [4.69, 9.17) is 28.9 Å². The molecule has 1 atom stereocenters. The number of primary amides is 1. The average Bonchev–Trinajstić information content (AvgIpc) is 2.43. The molecule has 120 valence electrons. The predicted molar refractivity (Wildman–Crippen MR) is 81.2 cm³/mol. The average molecular weight is 366 g/mol. The summed E-state index contributed by atoms with van der Waals surface area (Å²) in [5.41, 5.74) is 5.13. The van der Waals surface area contributed by atoms with Crippen molar-refractivity contribution in [2.45, 2.75) is 16.2 Å². The quantitative estimate of drug-likeness (QED) is 0.696. The first-order chi connectivity index (χ1) is 10.2. The van der Waals surface area contributed by atoms with Gasteiger partial charge in [-0.15, -0.1) is 0 Å². The number of amides is 2. The number of rotatable bonds is 4. The fourth-order valence-corrected chi connectivity index (χ4v) is 4.43. The summed E-state index contributed by atoms with van der Waals surface area (Å²) in [7, 11) is -4.27. The molecular formula is C12H13Cl2N3O4S. The molecule has 1 aliphatic rings. The molecule has 0 unspecified atom stereocenters. The van der Waals surface area contributed by atoms with Gasteiger partial charge in [0.05, 0.1) is 21.4 Å². The molecule has 0 aliphatic carbocycles. The molecule has 1 saturated heterocycles. The molecule has 1 aliphatic heterocycles. The van der Waals surface area contributed by atoms with Gasteiger partial charge in [-0.05, 0) is 18.2 Å². The van der Waals surface area contributed by atoms with Gasteiger partial charge in [-0.25, -0.2) is 8.42 Å². The van der Waals surface area contributed by atoms with Crippen LogP contribution in [-0.4, -0.2) is 38.2 Å². The summed E-state index contributed by atoms with van der Waals surface area (Å²) in [5, 5.41) is 5.24. The second kappa shape index (κ2) is 6.04. The number of carbonyl (C=O) groups is 2. The molecule has 1 fully saturated rings. The molecule has 0 bridgehead atoms. The van der Waals surface area contributed by atoms with Crippen molar-refractivity contribution in [1.82, 2.24) is 10.6 Å². The minimum atomic E-state index is -4.27. The van der Waals surface area contributed by atoms with Crippen molar-refractivity contribution in [3.63, 3.8) is 0 Å². The van der Waals surface area contributed by atoms with E-state index in [1.807, 2.05) is 0 Å². The van der Waals surface area contributed by atoms with Gasteiger partial charge in [0, 0.05) is 13.1 Å². The van der Waals surface area contributed by atoms with E-state index in [1.165, 1.54) is 12.1 Å². The Morgan fingerprint density at radius 2 is 1.95 bits per heavy atom. The van der Waals surface area contributed by atoms with Crippen LogP contribution in [0.25, 0.3) is 0 Å². The van der Waals surface area contributed by atoms with E-state index in [0.717, 1.165) is 6.07 Å². The third-order valence-electron chi connectivity index (χ3n) is 3.27. The first kappa shape index (κ1) is 17.0. The van der Waals surface area contributed by atoms with Gasteiger partial charge in [0.25, 0.3) is 5.91 Å². The Balaban J connectivity index is 2.61. The van der Waals surface area contributed by atoms with E-state index >= 15 is 0 Å². The molecule has 7 nitrogen and oxygen atoms in total. The van der Waals surface area contributed by atoms with Crippen LogP contribution in [0, 0.1) is 0 Å². The van der Waals surface area contributed by atoms with Crippen molar-refractivity contribution in [2.24, 2.45) is 5.73 Å². The molecule has 1 aromatic rings. The van der Waals surface area contributed by atoms with E-state index < -0.39 is 32.9 Å². The van der Waals surface area contributed by atoms with Crippen LogP contribution in [0.2, 0.25) is 10.0 Å². The topological polar surface area (TPSA) is 118 Å². The van der Waals surface area contributed by atoms with Crippen molar-refractivity contribution < 1.29 is 18.0 Å². The van der Waals surface area contributed by atoms with E-state index in [9.17, 15) is 18.0 Å². The molecule has 2 rings (SSSR count). The zero-order valence-electron chi connectivity index (χ0n) is 11.2. The van der Waals surface area contributed by atoms with Crippen LogP contribution < -0.4 is 16.4 Å². The van der Waals surface area contributed by atoms with Crippen molar-refractivity contribution >= 4 is 44.9 Å². The van der Waals surface area contributed by atoms with Gasteiger partial charge < -0.3 is 11.1 Å². The Hall–Kier alpha value is -1.35. The van der Waals surface area contributed by atoms with Crippen molar-refractivity contribution in [2.75, 3.05) is 13.1 Å². The number of sulfone groups is 1. The van der Waals surface area contributed by atoms with E-state index in [2.05, 4.69) is 10.6 Å². The van der Waals surface area contributed by atoms with Crippen LogP contribution in [-0.2, 0) is 19.4 Å². The molecule has 4 N–H and O–H groups in total. The van der Waals surface area contributed by atoms with E-state index in [0.29, 0.717) is 0 Å².